The number of allylic oxidation sites excluding steroid dienone is 1. The molecule has 9 nitrogen and oxygen atoms in total. The highest BCUT2D eigenvalue weighted by atomic mass is 16.7. The Morgan fingerprint density at radius 1 is 0.786 bits per heavy atom. The lowest BCUT2D eigenvalue weighted by atomic mass is 9.99. The second kappa shape index (κ2) is 13.1. The molecule has 0 N–H and O–H groups in total. The second-order valence-electron chi connectivity index (χ2n) is 9.58. The quantitative estimate of drug-likeness (QED) is 0.0369. The van der Waals surface area contributed by atoms with Crippen LogP contribution in [-0.2, 0) is 25.7 Å². The maximum absolute atomic E-state index is 13.6. The van der Waals surface area contributed by atoms with Gasteiger partial charge in [-0.3, -0.25) is 14.4 Å². The number of hydrogen-bond acceptors (Lipinski definition) is 8. The summed E-state index contributed by atoms with van der Waals surface area (Å²) < 4.78 is 12.6. The first-order chi connectivity index (χ1) is 20.1. The summed E-state index contributed by atoms with van der Waals surface area (Å²) in [5, 5.41) is 5.44. The molecule has 4 rings (SSSR count). The van der Waals surface area contributed by atoms with Gasteiger partial charge in [-0.15, -0.1) is 0 Å². The number of aromatic nitrogens is 1. The zero-order valence-corrected chi connectivity index (χ0v) is 24.1. The fraction of sp³-hybridized carbons (Fsp3) is 0.242. The molecule has 0 saturated heterocycles. The minimum atomic E-state index is -0.636. The van der Waals surface area contributed by atoms with E-state index in [2.05, 4.69) is 16.3 Å². The van der Waals surface area contributed by atoms with Crippen LogP contribution in [-0.4, -0.2) is 40.4 Å². The molecule has 0 amide bonds. The van der Waals surface area contributed by atoms with E-state index in [0.717, 1.165) is 21.8 Å². The number of ether oxygens (including phenoxy) is 2. The number of oxime groups is 1. The van der Waals surface area contributed by atoms with Gasteiger partial charge in [-0.2, -0.15) is 0 Å². The Bertz CT molecular complexity index is 1730. The first-order valence-electron chi connectivity index (χ1n) is 13.6. The molecular weight excluding hydrogens is 536 g/mol. The summed E-state index contributed by atoms with van der Waals surface area (Å²) in [5.41, 5.74) is 3.17. The Kier molecular flexibility index (Phi) is 9.32. The summed E-state index contributed by atoms with van der Waals surface area (Å²) in [6, 6.07) is 17.2. The molecule has 216 valence electrons. The van der Waals surface area contributed by atoms with Crippen LogP contribution < -0.4 is 4.74 Å². The highest BCUT2D eigenvalue weighted by molar-refractivity contribution is 6.46. The third-order valence-electron chi connectivity index (χ3n) is 6.62. The molecule has 42 heavy (non-hydrogen) atoms. The Labute approximate surface area is 243 Å². The third-order valence-corrected chi connectivity index (χ3v) is 6.62. The highest BCUT2D eigenvalue weighted by Gasteiger charge is 2.20. The van der Waals surface area contributed by atoms with Crippen LogP contribution in [0.2, 0.25) is 0 Å². The maximum atomic E-state index is 13.6. The monoisotopic (exact) mass is 568 g/mol. The lowest BCUT2D eigenvalue weighted by molar-refractivity contribution is -0.141. The van der Waals surface area contributed by atoms with Gasteiger partial charge in [-0.1, -0.05) is 11.7 Å². The number of hydrogen-bond donors (Lipinski definition) is 0. The van der Waals surface area contributed by atoms with Gasteiger partial charge < -0.3 is 18.9 Å². The number of carbonyl (C=O) groups excluding carboxylic acids is 4. The van der Waals surface area contributed by atoms with Crippen LogP contribution in [0.5, 0.6) is 5.75 Å². The molecule has 0 unspecified atom stereocenters. The summed E-state index contributed by atoms with van der Waals surface area (Å²) >= 11 is 0. The second-order valence-corrected chi connectivity index (χ2v) is 9.58. The van der Waals surface area contributed by atoms with E-state index in [1.165, 1.54) is 13.8 Å². The molecule has 0 saturated carbocycles. The van der Waals surface area contributed by atoms with Crippen molar-refractivity contribution in [3.8, 4) is 5.75 Å². The number of Topliss-reactive ketones (excluding diaryl/α,β-unsaturated/α-hetero) is 1. The van der Waals surface area contributed by atoms with E-state index in [1.54, 1.807) is 42.5 Å². The summed E-state index contributed by atoms with van der Waals surface area (Å²) in [4.78, 5) is 54.4. The zero-order valence-electron chi connectivity index (χ0n) is 24.1. The van der Waals surface area contributed by atoms with Crippen molar-refractivity contribution in [1.29, 1.82) is 0 Å². The number of aryl methyl sites for hydroxylation is 1. The Morgan fingerprint density at radius 2 is 1.38 bits per heavy atom. The predicted octanol–water partition coefficient (Wildman–Crippen LogP) is 6.40. The van der Waals surface area contributed by atoms with Crippen LogP contribution in [0.1, 0.15) is 66.8 Å². The van der Waals surface area contributed by atoms with Gasteiger partial charge >= 0.3 is 11.9 Å². The van der Waals surface area contributed by atoms with Gasteiger partial charge in [0.1, 0.15) is 11.5 Å². The van der Waals surface area contributed by atoms with Gasteiger partial charge in [0.2, 0.25) is 5.78 Å². The molecule has 0 spiro atoms. The molecule has 0 bridgehead atoms. The van der Waals surface area contributed by atoms with Crippen LogP contribution in [0.15, 0.2) is 78.2 Å². The smallest absolute Gasteiger partial charge is 0.331 e. The first kappa shape index (κ1) is 29.9. The molecule has 0 aliphatic rings. The number of esters is 1. The lowest BCUT2D eigenvalue weighted by Crippen LogP contribution is -2.16. The normalized spacial score (nSPS) is 11.4. The van der Waals surface area contributed by atoms with E-state index in [9.17, 15) is 19.2 Å². The number of benzene rings is 3. The lowest BCUT2D eigenvalue weighted by Gasteiger charge is -2.09. The molecule has 1 heterocycles. The molecule has 4 aromatic rings. The number of nitrogens with zero attached hydrogens (tertiary/aromatic N) is 2. The fourth-order valence-electron chi connectivity index (χ4n) is 4.75. The minimum Gasteiger partial charge on any atom is -0.499 e. The Hall–Kier alpha value is -5.05. The third kappa shape index (κ3) is 6.63. The summed E-state index contributed by atoms with van der Waals surface area (Å²) in [6.45, 7) is 11.4. The average Bonchev–Trinajstić information content (AvgIpc) is 3.28. The van der Waals surface area contributed by atoms with E-state index in [0.29, 0.717) is 47.8 Å². The highest BCUT2D eigenvalue weighted by Crippen LogP contribution is 2.32. The molecule has 0 fully saturated rings. The van der Waals surface area contributed by atoms with Crippen molar-refractivity contribution in [1.82, 2.24) is 4.57 Å². The topological polar surface area (TPSA) is 113 Å². The minimum absolute atomic E-state index is 0.0673. The van der Waals surface area contributed by atoms with Crippen molar-refractivity contribution in [2.24, 2.45) is 5.16 Å². The SMILES string of the molecule is C=C(CC/C(=N\OC(C)=O)C(=O)c1ccc2c(c1)c1cc(C(=O)c3ccc(OC(C)=O)cc3)ccc1n2CC)OCC. The maximum Gasteiger partial charge on any atom is 0.331 e. The number of fused-ring (bicyclic) bond motifs is 3. The number of rotatable bonds is 12. The van der Waals surface area contributed by atoms with Crippen molar-refractivity contribution in [3.63, 3.8) is 0 Å². The van der Waals surface area contributed by atoms with Crippen LogP contribution in [0.4, 0.5) is 0 Å². The summed E-state index contributed by atoms with van der Waals surface area (Å²) in [7, 11) is 0. The van der Waals surface area contributed by atoms with E-state index < -0.39 is 11.9 Å². The van der Waals surface area contributed by atoms with Gasteiger partial charge in [-0.25, -0.2) is 4.79 Å². The van der Waals surface area contributed by atoms with Crippen LogP contribution in [0.3, 0.4) is 0 Å². The molecule has 1 aromatic heterocycles. The predicted molar refractivity (Wildman–Crippen MR) is 160 cm³/mol. The van der Waals surface area contributed by atoms with Crippen LogP contribution in [0.25, 0.3) is 21.8 Å². The Balaban J connectivity index is 1.73. The molecule has 0 aliphatic carbocycles. The van der Waals surface area contributed by atoms with Crippen molar-refractivity contribution < 1.29 is 33.5 Å². The molecule has 0 radical (unpaired) electrons. The van der Waals surface area contributed by atoms with Gasteiger partial charge in [0, 0.05) is 71.7 Å². The van der Waals surface area contributed by atoms with Gasteiger partial charge in [0.25, 0.3) is 0 Å². The van der Waals surface area contributed by atoms with E-state index in [-0.39, 0.29) is 23.7 Å². The number of carbonyl (C=O) groups is 4. The molecular formula is C33H32N2O7. The van der Waals surface area contributed by atoms with Crippen molar-refractivity contribution in [2.45, 2.75) is 47.1 Å². The van der Waals surface area contributed by atoms with E-state index >= 15 is 0 Å². The van der Waals surface area contributed by atoms with Gasteiger partial charge in [0.05, 0.1) is 12.4 Å². The van der Waals surface area contributed by atoms with Crippen molar-refractivity contribution in [3.05, 3.63) is 89.7 Å². The van der Waals surface area contributed by atoms with Crippen molar-refractivity contribution >= 4 is 51.0 Å². The summed E-state index contributed by atoms with van der Waals surface area (Å²) in [6.07, 6.45) is 0.513. The fourth-order valence-corrected chi connectivity index (χ4v) is 4.75. The standard InChI is InChI=1S/C33H32N2O7/c1-6-35-30-16-11-24(32(38)23-9-13-26(14-10-23)41-21(4)36)18-27(30)28-19-25(12-17-31(28)35)33(39)29(34-42-22(5)37)15-8-20(3)40-7-2/h9-14,16-19H,3,6-8,15H2,1-2,4-5H3/b34-29+. The van der Waals surface area contributed by atoms with Crippen LogP contribution >= 0.6 is 0 Å². The molecule has 9 heteroatoms. The molecule has 3 aromatic carbocycles. The zero-order chi connectivity index (χ0) is 30.4. The van der Waals surface area contributed by atoms with Gasteiger partial charge in [0.15, 0.2) is 5.78 Å². The van der Waals surface area contributed by atoms with Crippen LogP contribution in [0, 0.1) is 0 Å². The largest absolute Gasteiger partial charge is 0.499 e. The van der Waals surface area contributed by atoms with Crippen molar-refractivity contribution in [2.75, 3.05) is 6.61 Å². The van der Waals surface area contributed by atoms with E-state index in [1.807, 2.05) is 32.0 Å². The van der Waals surface area contributed by atoms with Gasteiger partial charge in [-0.05, 0) is 74.5 Å². The summed E-state index contributed by atoms with van der Waals surface area (Å²) in [5.74, 6) is -0.799. The molecule has 0 aliphatic heterocycles. The Morgan fingerprint density at radius 3 is 1.95 bits per heavy atom. The van der Waals surface area contributed by atoms with E-state index in [4.69, 9.17) is 14.3 Å². The first-order valence-corrected chi connectivity index (χ1v) is 13.6. The molecule has 0 atom stereocenters. The number of ketones is 2. The average molecular weight is 569 g/mol.